The molecule has 98 valence electrons. The highest BCUT2D eigenvalue weighted by atomic mass is 15.6. The van der Waals surface area contributed by atoms with Crippen molar-refractivity contribution in [2.45, 2.75) is 39.3 Å². The monoisotopic (exact) mass is 240 g/mol. The van der Waals surface area contributed by atoms with Gasteiger partial charge in [0.2, 0.25) is 0 Å². The van der Waals surface area contributed by atoms with Gasteiger partial charge >= 0.3 is 0 Å². The standard InChI is InChI=1S/C11H24N6/c1-10(2)16(3)8-6-5-7-12-9-11-13-15-17(4)14-11/h10,12H,5-9H2,1-4H3. The van der Waals surface area contributed by atoms with Crippen LogP contribution in [0.2, 0.25) is 0 Å². The molecule has 0 unspecified atom stereocenters. The van der Waals surface area contributed by atoms with E-state index in [0.29, 0.717) is 12.6 Å². The Morgan fingerprint density at radius 3 is 2.71 bits per heavy atom. The summed E-state index contributed by atoms with van der Waals surface area (Å²) in [5.74, 6) is 0.756. The van der Waals surface area contributed by atoms with Crippen LogP contribution in [-0.4, -0.2) is 51.3 Å². The molecule has 0 fully saturated rings. The molecule has 0 bridgehead atoms. The van der Waals surface area contributed by atoms with Gasteiger partial charge in [0, 0.05) is 6.04 Å². The Hall–Kier alpha value is -1.01. The van der Waals surface area contributed by atoms with E-state index in [1.165, 1.54) is 17.6 Å². The summed E-state index contributed by atoms with van der Waals surface area (Å²) in [6.45, 7) is 7.30. The molecule has 1 heterocycles. The van der Waals surface area contributed by atoms with Crippen molar-refractivity contribution >= 4 is 0 Å². The first-order valence-corrected chi connectivity index (χ1v) is 6.23. The number of nitrogens with one attached hydrogen (secondary N) is 1. The number of rotatable bonds is 8. The Kier molecular flexibility index (Phi) is 6.07. The summed E-state index contributed by atoms with van der Waals surface area (Å²) in [5.41, 5.74) is 0. The molecule has 0 saturated carbocycles. The fraction of sp³-hybridized carbons (Fsp3) is 0.909. The number of hydrogen-bond donors (Lipinski definition) is 1. The minimum Gasteiger partial charge on any atom is -0.310 e. The molecule has 0 radical (unpaired) electrons. The minimum absolute atomic E-state index is 0.631. The van der Waals surface area contributed by atoms with E-state index in [2.05, 4.69) is 46.5 Å². The van der Waals surface area contributed by atoms with Crippen LogP contribution in [0.1, 0.15) is 32.5 Å². The largest absolute Gasteiger partial charge is 0.310 e. The zero-order chi connectivity index (χ0) is 12.7. The van der Waals surface area contributed by atoms with E-state index in [0.717, 1.165) is 18.9 Å². The Morgan fingerprint density at radius 1 is 1.35 bits per heavy atom. The highest BCUT2D eigenvalue weighted by molar-refractivity contribution is 4.74. The average Bonchev–Trinajstić information content (AvgIpc) is 2.68. The minimum atomic E-state index is 0.631. The van der Waals surface area contributed by atoms with E-state index in [-0.39, 0.29) is 0 Å². The Bertz CT molecular complexity index is 309. The average molecular weight is 240 g/mol. The van der Waals surface area contributed by atoms with Gasteiger partial charge in [0.1, 0.15) is 0 Å². The van der Waals surface area contributed by atoms with Gasteiger partial charge in [-0.3, -0.25) is 0 Å². The molecule has 17 heavy (non-hydrogen) atoms. The molecule has 1 N–H and O–H groups in total. The quantitative estimate of drug-likeness (QED) is 0.667. The fourth-order valence-electron chi connectivity index (χ4n) is 1.46. The van der Waals surface area contributed by atoms with Gasteiger partial charge in [0.15, 0.2) is 5.82 Å². The molecule has 0 amide bonds. The van der Waals surface area contributed by atoms with Crippen molar-refractivity contribution in [3.63, 3.8) is 0 Å². The van der Waals surface area contributed by atoms with Crippen LogP contribution < -0.4 is 5.32 Å². The van der Waals surface area contributed by atoms with Gasteiger partial charge in [-0.1, -0.05) is 0 Å². The van der Waals surface area contributed by atoms with Crippen LogP contribution in [0, 0.1) is 0 Å². The van der Waals surface area contributed by atoms with E-state index in [1.807, 2.05) is 0 Å². The van der Waals surface area contributed by atoms with Crippen molar-refractivity contribution in [3.8, 4) is 0 Å². The highest BCUT2D eigenvalue weighted by Crippen LogP contribution is 1.97. The van der Waals surface area contributed by atoms with Crippen molar-refractivity contribution in [1.82, 2.24) is 30.4 Å². The number of nitrogens with zero attached hydrogens (tertiary/aromatic N) is 5. The molecule has 0 aliphatic carbocycles. The lowest BCUT2D eigenvalue weighted by Crippen LogP contribution is -2.27. The molecule has 0 saturated heterocycles. The molecular weight excluding hydrogens is 216 g/mol. The van der Waals surface area contributed by atoms with Crippen molar-refractivity contribution in [2.24, 2.45) is 7.05 Å². The first-order chi connectivity index (χ1) is 8.09. The third-order valence-electron chi connectivity index (χ3n) is 2.83. The van der Waals surface area contributed by atoms with Crippen molar-refractivity contribution in [2.75, 3.05) is 20.1 Å². The van der Waals surface area contributed by atoms with E-state index in [1.54, 1.807) is 7.05 Å². The number of aryl methyl sites for hydroxylation is 1. The van der Waals surface area contributed by atoms with Crippen LogP contribution in [0.5, 0.6) is 0 Å². The highest BCUT2D eigenvalue weighted by Gasteiger charge is 2.02. The molecule has 1 aromatic heterocycles. The van der Waals surface area contributed by atoms with Gasteiger partial charge in [-0.25, -0.2) is 0 Å². The van der Waals surface area contributed by atoms with Gasteiger partial charge < -0.3 is 10.2 Å². The van der Waals surface area contributed by atoms with Gasteiger partial charge in [-0.2, -0.15) is 4.80 Å². The SMILES string of the molecule is CC(C)N(C)CCCCNCc1nnn(C)n1. The number of tetrazole rings is 1. The molecule has 6 nitrogen and oxygen atoms in total. The maximum absolute atomic E-state index is 4.10. The van der Waals surface area contributed by atoms with Gasteiger partial charge in [0.05, 0.1) is 13.6 Å². The van der Waals surface area contributed by atoms with Crippen LogP contribution in [0.25, 0.3) is 0 Å². The summed E-state index contributed by atoms with van der Waals surface area (Å²) in [6, 6.07) is 0.631. The van der Waals surface area contributed by atoms with E-state index >= 15 is 0 Å². The Labute approximate surface area is 103 Å². The number of unbranched alkanes of at least 4 members (excludes halogenated alkanes) is 1. The normalized spacial score (nSPS) is 11.6. The Morgan fingerprint density at radius 2 is 2.12 bits per heavy atom. The second-order valence-electron chi connectivity index (χ2n) is 4.65. The topological polar surface area (TPSA) is 58.9 Å². The first kappa shape index (κ1) is 14.1. The second kappa shape index (κ2) is 7.34. The molecular formula is C11H24N6. The molecule has 6 heteroatoms. The van der Waals surface area contributed by atoms with E-state index in [4.69, 9.17) is 0 Å². The maximum Gasteiger partial charge on any atom is 0.188 e. The van der Waals surface area contributed by atoms with Crippen LogP contribution >= 0.6 is 0 Å². The van der Waals surface area contributed by atoms with E-state index < -0.39 is 0 Å². The van der Waals surface area contributed by atoms with Gasteiger partial charge in [-0.05, 0) is 52.0 Å². The number of hydrogen-bond acceptors (Lipinski definition) is 5. The summed E-state index contributed by atoms with van der Waals surface area (Å²) in [4.78, 5) is 3.85. The number of aromatic nitrogens is 4. The molecule has 1 aromatic rings. The van der Waals surface area contributed by atoms with Crippen molar-refractivity contribution in [3.05, 3.63) is 5.82 Å². The summed E-state index contributed by atoms with van der Waals surface area (Å²) in [5, 5.41) is 15.1. The predicted octanol–water partition coefficient (Wildman–Crippen LogP) is 0.420. The van der Waals surface area contributed by atoms with Crippen molar-refractivity contribution < 1.29 is 0 Å². The second-order valence-corrected chi connectivity index (χ2v) is 4.65. The summed E-state index contributed by atoms with van der Waals surface area (Å²) in [7, 11) is 3.94. The van der Waals surface area contributed by atoms with Crippen LogP contribution in [0.3, 0.4) is 0 Å². The maximum atomic E-state index is 4.10. The molecule has 0 aliphatic heterocycles. The lowest BCUT2D eigenvalue weighted by molar-refractivity contribution is 0.268. The Balaban J connectivity index is 1.98. The lowest BCUT2D eigenvalue weighted by Gasteiger charge is -2.20. The first-order valence-electron chi connectivity index (χ1n) is 6.23. The van der Waals surface area contributed by atoms with Crippen LogP contribution in [0.15, 0.2) is 0 Å². The molecule has 1 rings (SSSR count). The van der Waals surface area contributed by atoms with Crippen LogP contribution in [-0.2, 0) is 13.6 Å². The zero-order valence-electron chi connectivity index (χ0n) is 11.3. The molecule has 0 atom stereocenters. The third kappa shape index (κ3) is 5.74. The summed E-state index contributed by atoms with van der Waals surface area (Å²) in [6.07, 6.45) is 2.40. The molecule has 0 spiro atoms. The molecule has 0 aromatic carbocycles. The molecule has 0 aliphatic rings. The van der Waals surface area contributed by atoms with Crippen LogP contribution in [0.4, 0.5) is 0 Å². The van der Waals surface area contributed by atoms with Gasteiger partial charge in [0.25, 0.3) is 0 Å². The lowest BCUT2D eigenvalue weighted by atomic mass is 10.2. The fourth-order valence-corrected chi connectivity index (χ4v) is 1.46. The van der Waals surface area contributed by atoms with Crippen molar-refractivity contribution in [1.29, 1.82) is 0 Å². The predicted molar refractivity (Wildman–Crippen MR) is 67.5 cm³/mol. The third-order valence-corrected chi connectivity index (χ3v) is 2.83. The summed E-state index contributed by atoms with van der Waals surface area (Å²) >= 11 is 0. The van der Waals surface area contributed by atoms with Gasteiger partial charge in [-0.15, -0.1) is 10.2 Å². The zero-order valence-corrected chi connectivity index (χ0v) is 11.3. The summed E-state index contributed by atoms with van der Waals surface area (Å²) < 4.78 is 0. The smallest absolute Gasteiger partial charge is 0.188 e. The van der Waals surface area contributed by atoms with E-state index in [9.17, 15) is 0 Å².